The van der Waals surface area contributed by atoms with Gasteiger partial charge in [0.05, 0.1) is 12.3 Å². The predicted molar refractivity (Wildman–Crippen MR) is 60.7 cm³/mol. The van der Waals surface area contributed by atoms with Crippen LogP contribution in [-0.4, -0.2) is 29.0 Å². The highest BCUT2D eigenvalue weighted by Crippen LogP contribution is 2.04. The van der Waals surface area contributed by atoms with Crippen LogP contribution in [0.3, 0.4) is 0 Å². The van der Waals surface area contributed by atoms with Gasteiger partial charge in [-0.25, -0.2) is 0 Å². The van der Waals surface area contributed by atoms with Gasteiger partial charge < -0.3 is 10.1 Å². The lowest BCUT2D eigenvalue weighted by Crippen LogP contribution is -2.26. The van der Waals surface area contributed by atoms with Crippen LogP contribution in [0.4, 0.5) is 0 Å². The third kappa shape index (κ3) is 3.64. The monoisotopic (exact) mass is 211 g/mol. The number of aryl methyl sites for hydroxylation is 1. The van der Waals surface area contributed by atoms with Crippen LogP contribution >= 0.6 is 0 Å². The van der Waals surface area contributed by atoms with Gasteiger partial charge in [0.25, 0.3) is 0 Å². The summed E-state index contributed by atoms with van der Waals surface area (Å²) in [7, 11) is 1.96. The van der Waals surface area contributed by atoms with E-state index in [1.807, 2.05) is 24.9 Å². The fraction of sp³-hybridized carbons (Fsp3) is 0.727. The van der Waals surface area contributed by atoms with Crippen LogP contribution in [0.25, 0.3) is 0 Å². The Bertz CT molecular complexity index is 296. The Morgan fingerprint density at radius 3 is 2.87 bits per heavy atom. The van der Waals surface area contributed by atoms with Crippen molar-refractivity contribution >= 4 is 0 Å². The standard InChI is InChI=1S/C11H21N3O/c1-5-15-9(2)6-12-7-11-8-13-14(4)10(11)3/h8-9,12H,5-7H2,1-4H3. The summed E-state index contributed by atoms with van der Waals surface area (Å²) in [5.41, 5.74) is 2.47. The summed E-state index contributed by atoms with van der Waals surface area (Å²) in [6.07, 6.45) is 2.18. The van der Waals surface area contributed by atoms with E-state index in [9.17, 15) is 0 Å². The van der Waals surface area contributed by atoms with Crippen molar-refractivity contribution in [3.05, 3.63) is 17.5 Å². The maximum Gasteiger partial charge on any atom is 0.0671 e. The summed E-state index contributed by atoms with van der Waals surface area (Å²) in [6, 6.07) is 0. The maximum absolute atomic E-state index is 5.43. The quantitative estimate of drug-likeness (QED) is 0.769. The van der Waals surface area contributed by atoms with Gasteiger partial charge >= 0.3 is 0 Å². The first-order chi connectivity index (χ1) is 7.15. The van der Waals surface area contributed by atoms with Gasteiger partial charge in [-0.2, -0.15) is 5.10 Å². The molecule has 1 unspecified atom stereocenters. The summed E-state index contributed by atoms with van der Waals surface area (Å²) < 4.78 is 7.32. The molecule has 86 valence electrons. The predicted octanol–water partition coefficient (Wildman–Crippen LogP) is 1.24. The van der Waals surface area contributed by atoms with E-state index in [2.05, 4.69) is 24.3 Å². The average molecular weight is 211 g/mol. The lowest BCUT2D eigenvalue weighted by Gasteiger charge is -2.12. The largest absolute Gasteiger partial charge is 0.377 e. The Morgan fingerprint density at radius 2 is 2.33 bits per heavy atom. The first-order valence-electron chi connectivity index (χ1n) is 5.45. The van der Waals surface area contributed by atoms with E-state index in [1.54, 1.807) is 0 Å². The van der Waals surface area contributed by atoms with Crippen molar-refractivity contribution in [1.82, 2.24) is 15.1 Å². The fourth-order valence-electron chi connectivity index (χ4n) is 1.47. The summed E-state index contributed by atoms with van der Waals surface area (Å²) >= 11 is 0. The molecule has 15 heavy (non-hydrogen) atoms. The molecular weight excluding hydrogens is 190 g/mol. The van der Waals surface area contributed by atoms with E-state index in [0.717, 1.165) is 19.7 Å². The minimum absolute atomic E-state index is 0.270. The molecule has 0 saturated heterocycles. The molecule has 0 fully saturated rings. The van der Waals surface area contributed by atoms with Crippen LogP contribution in [0.15, 0.2) is 6.20 Å². The van der Waals surface area contributed by atoms with Crippen LogP contribution in [0.5, 0.6) is 0 Å². The van der Waals surface area contributed by atoms with Crippen molar-refractivity contribution < 1.29 is 4.74 Å². The SMILES string of the molecule is CCOC(C)CNCc1cnn(C)c1C. The zero-order valence-electron chi connectivity index (χ0n) is 10.1. The van der Waals surface area contributed by atoms with Gasteiger partial charge in [-0.1, -0.05) is 0 Å². The van der Waals surface area contributed by atoms with Crippen LogP contribution < -0.4 is 5.32 Å². The second-order valence-electron chi connectivity index (χ2n) is 3.78. The highest BCUT2D eigenvalue weighted by molar-refractivity contribution is 5.15. The van der Waals surface area contributed by atoms with E-state index in [1.165, 1.54) is 11.3 Å². The van der Waals surface area contributed by atoms with Crippen molar-refractivity contribution in [2.24, 2.45) is 7.05 Å². The Balaban J connectivity index is 2.29. The Hall–Kier alpha value is -0.870. The maximum atomic E-state index is 5.43. The molecule has 0 spiro atoms. The molecule has 0 aliphatic heterocycles. The van der Waals surface area contributed by atoms with Crippen molar-refractivity contribution in [3.63, 3.8) is 0 Å². The average Bonchev–Trinajstić information content (AvgIpc) is 2.50. The molecule has 4 nitrogen and oxygen atoms in total. The summed E-state index contributed by atoms with van der Waals surface area (Å²) in [5, 5.41) is 7.56. The second-order valence-corrected chi connectivity index (χ2v) is 3.78. The normalized spacial score (nSPS) is 13.1. The highest BCUT2D eigenvalue weighted by Gasteiger charge is 2.04. The van der Waals surface area contributed by atoms with E-state index < -0.39 is 0 Å². The lowest BCUT2D eigenvalue weighted by atomic mass is 10.2. The first kappa shape index (κ1) is 12.2. The molecule has 0 aliphatic rings. The minimum atomic E-state index is 0.270. The Morgan fingerprint density at radius 1 is 1.60 bits per heavy atom. The number of nitrogens with zero attached hydrogens (tertiary/aromatic N) is 2. The summed E-state index contributed by atoms with van der Waals surface area (Å²) in [4.78, 5) is 0. The van der Waals surface area contributed by atoms with Crippen molar-refractivity contribution in [3.8, 4) is 0 Å². The molecule has 1 atom stereocenters. The van der Waals surface area contributed by atoms with Crippen LogP contribution in [0.1, 0.15) is 25.1 Å². The molecule has 0 bridgehead atoms. The van der Waals surface area contributed by atoms with Crippen LogP contribution in [-0.2, 0) is 18.3 Å². The zero-order valence-corrected chi connectivity index (χ0v) is 10.1. The molecule has 1 aromatic rings. The van der Waals surface area contributed by atoms with Gasteiger partial charge in [0, 0.05) is 38.0 Å². The number of hydrogen-bond donors (Lipinski definition) is 1. The number of ether oxygens (including phenoxy) is 1. The van der Waals surface area contributed by atoms with Gasteiger partial charge in [-0.05, 0) is 20.8 Å². The Kier molecular flexibility index (Phi) is 4.78. The van der Waals surface area contributed by atoms with E-state index in [0.29, 0.717) is 0 Å². The third-order valence-corrected chi connectivity index (χ3v) is 2.54. The molecule has 0 aromatic carbocycles. The van der Waals surface area contributed by atoms with Gasteiger partial charge in [0.2, 0.25) is 0 Å². The highest BCUT2D eigenvalue weighted by atomic mass is 16.5. The topological polar surface area (TPSA) is 39.1 Å². The lowest BCUT2D eigenvalue weighted by molar-refractivity contribution is 0.0759. The van der Waals surface area contributed by atoms with E-state index in [-0.39, 0.29) is 6.10 Å². The molecule has 0 saturated carbocycles. The molecule has 0 radical (unpaired) electrons. The number of aromatic nitrogens is 2. The molecule has 0 aliphatic carbocycles. The zero-order chi connectivity index (χ0) is 11.3. The third-order valence-electron chi connectivity index (χ3n) is 2.54. The number of nitrogens with one attached hydrogen (secondary N) is 1. The fourth-order valence-corrected chi connectivity index (χ4v) is 1.47. The van der Waals surface area contributed by atoms with Crippen molar-refractivity contribution in [2.75, 3.05) is 13.2 Å². The van der Waals surface area contributed by atoms with Crippen molar-refractivity contribution in [1.29, 1.82) is 0 Å². The van der Waals surface area contributed by atoms with E-state index in [4.69, 9.17) is 4.74 Å². The van der Waals surface area contributed by atoms with Gasteiger partial charge in [0.1, 0.15) is 0 Å². The van der Waals surface area contributed by atoms with Gasteiger partial charge in [-0.15, -0.1) is 0 Å². The molecule has 1 heterocycles. The smallest absolute Gasteiger partial charge is 0.0671 e. The van der Waals surface area contributed by atoms with Crippen LogP contribution in [0, 0.1) is 6.92 Å². The molecule has 1 N–H and O–H groups in total. The molecule has 4 heteroatoms. The number of rotatable bonds is 6. The summed E-state index contributed by atoms with van der Waals surface area (Å²) in [6.45, 7) is 8.68. The first-order valence-corrected chi connectivity index (χ1v) is 5.45. The van der Waals surface area contributed by atoms with Gasteiger partial charge in [-0.3, -0.25) is 4.68 Å². The molecular formula is C11H21N3O. The second kappa shape index (κ2) is 5.88. The molecule has 0 amide bonds. The minimum Gasteiger partial charge on any atom is -0.377 e. The van der Waals surface area contributed by atoms with E-state index >= 15 is 0 Å². The molecule has 1 rings (SSSR count). The van der Waals surface area contributed by atoms with Gasteiger partial charge in [0.15, 0.2) is 0 Å². The summed E-state index contributed by atoms with van der Waals surface area (Å²) in [5.74, 6) is 0. The Labute approximate surface area is 91.6 Å². The van der Waals surface area contributed by atoms with Crippen LogP contribution in [0.2, 0.25) is 0 Å². The molecule has 1 aromatic heterocycles. The van der Waals surface area contributed by atoms with Crippen molar-refractivity contribution in [2.45, 2.75) is 33.4 Å². The number of hydrogen-bond acceptors (Lipinski definition) is 3.